The van der Waals surface area contributed by atoms with Gasteiger partial charge in [-0.15, -0.1) is 0 Å². The molecule has 1 unspecified atom stereocenters. The molecule has 21 heavy (non-hydrogen) atoms. The van der Waals surface area contributed by atoms with Crippen LogP contribution in [0.25, 0.3) is 0 Å². The molecule has 5 nitrogen and oxygen atoms in total. The maximum Gasteiger partial charge on any atom is 0.242 e. The zero-order valence-corrected chi connectivity index (χ0v) is 13.6. The number of benzene rings is 1. The number of nitrogens with two attached hydrogens (primary N) is 1. The lowest BCUT2D eigenvalue weighted by Gasteiger charge is -2.15. The van der Waals surface area contributed by atoms with E-state index in [2.05, 4.69) is 9.71 Å². The number of sulfonamides is 1. The van der Waals surface area contributed by atoms with E-state index < -0.39 is 16.1 Å². The Labute approximate surface area is 133 Å². The summed E-state index contributed by atoms with van der Waals surface area (Å²) in [7, 11) is -3.65. The van der Waals surface area contributed by atoms with Crippen LogP contribution >= 0.6 is 23.2 Å². The lowest BCUT2D eigenvalue weighted by atomic mass is 10.1. The quantitative estimate of drug-likeness (QED) is 0.776. The van der Waals surface area contributed by atoms with Crippen molar-refractivity contribution in [1.82, 2.24) is 9.71 Å². The Morgan fingerprint density at radius 3 is 2.62 bits per heavy atom. The number of nitrogens with one attached hydrogen (secondary N) is 2. The van der Waals surface area contributed by atoms with E-state index in [1.807, 2.05) is 0 Å². The highest BCUT2D eigenvalue weighted by Crippen LogP contribution is 2.27. The van der Waals surface area contributed by atoms with Crippen molar-refractivity contribution in [3.05, 3.63) is 51.8 Å². The Kier molecular flexibility index (Phi) is 4.95. The SMILES string of the molecule is CC(NS(=O)(=O)c1c[nH]c(CN)c1)c1ccc(Cl)cc1Cl. The first-order chi connectivity index (χ1) is 9.83. The Morgan fingerprint density at radius 1 is 1.33 bits per heavy atom. The van der Waals surface area contributed by atoms with Crippen LogP contribution in [0.1, 0.15) is 24.2 Å². The van der Waals surface area contributed by atoms with Gasteiger partial charge in [0.1, 0.15) is 0 Å². The molecule has 0 saturated heterocycles. The number of aromatic amines is 1. The van der Waals surface area contributed by atoms with Gasteiger partial charge in [-0.05, 0) is 30.7 Å². The smallest absolute Gasteiger partial charge is 0.242 e. The maximum atomic E-state index is 12.3. The molecule has 0 bridgehead atoms. The van der Waals surface area contributed by atoms with Gasteiger partial charge in [-0.1, -0.05) is 29.3 Å². The van der Waals surface area contributed by atoms with Gasteiger partial charge in [-0.2, -0.15) is 0 Å². The van der Waals surface area contributed by atoms with Crippen molar-refractivity contribution >= 4 is 33.2 Å². The van der Waals surface area contributed by atoms with Crippen molar-refractivity contribution in [3.63, 3.8) is 0 Å². The Morgan fingerprint density at radius 2 is 2.05 bits per heavy atom. The molecule has 8 heteroatoms. The van der Waals surface area contributed by atoms with Crippen LogP contribution < -0.4 is 10.5 Å². The predicted molar refractivity (Wildman–Crippen MR) is 83.9 cm³/mol. The number of hydrogen-bond donors (Lipinski definition) is 3. The molecular formula is C13H15Cl2N3O2S. The van der Waals surface area contributed by atoms with Gasteiger partial charge in [0, 0.05) is 34.5 Å². The first-order valence-corrected chi connectivity index (χ1v) is 8.42. The molecule has 1 atom stereocenters. The van der Waals surface area contributed by atoms with Crippen LogP contribution in [0.3, 0.4) is 0 Å². The number of halogens is 2. The van der Waals surface area contributed by atoms with Crippen molar-refractivity contribution in [2.24, 2.45) is 5.73 Å². The standard InChI is InChI=1S/C13H15Cl2N3O2S/c1-8(12-3-2-9(14)4-13(12)15)18-21(19,20)11-5-10(6-16)17-7-11/h2-5,7-8,17-18H,6,16H2,1H3. The van der Waals surface area contributed by atoms with Gasteiger partial charge in [0.15, 0.2) is 0 Å². The number of hydrogen-bond acceptors (Lipinski definition) is 3. The second-order valence-corrected chi connectivity index (χ2v) is 7.13. The van der Waals surface area contributed by atoms with E-state index in [1.165, 1.54) is 12.3 Å². The third-order valence-corrected chi connectivity index (χ3v) is 5.09. The van der Waals surface area contributed by atoms with Gasteiger partial charge < -0.3 is 10.7 Å². The van der Waals surface area contributed by atoms with E-state index in [4.69, 9.17) is 28.9 Å². The Bertz CT molecular complexity index is 744. The molecule has 1 aromatic carbocycles. The van der Waals surface area contributed by atoms with Crippen LogP contribution in [0.4, 0.5) is 0 Å². The zero-order chi connectivity index (χ0) is 15.6. The van der Waals surface area contributed by atoms with Crippen molar-refractivity contribution < 1.29 is 8.42 Å². The third kappa shape index (κ3) is 3.78. The topological polar surface area (TPSA) is 88.0 Å². The maximum absolute atomic E-state index is 12.3. The summed E-state index contributed by atoms with van der Waals surface area (Å²) >= 11 is 11.9. The average Bonchev–Trinajstić information content (AvgIpc) is 2.87. The average molecular weight is 348 g/mol. The summed E-state index contributed by atoms with van der Waals surface area (Å²) in [4.78, 5) is 2.94. The molecule has 0 saturated carbocycles. The predicted octanol–water partition coefficient (Wildman–Crippen LogP) is 2.82. The summed E-state index contributed by atoms with van der Waals surface area (Å²) < 4.78 is 27.1. The molecule has 2 aromatic rings. The molecular weight excluding hydrogens is 333 g/mol. The van der Waals surface area contributed by atoms with Gasteiger partial charge in [0.05, 0.1) is 4.90 Å². The lowest BCUT2D eigenvalue weighted by molar-refractivity contribution is 0.567. The van der Waals surface area contributed by atoms with E-state index in [-0.39, 0.29) is 11.4 Å². The summed E-state index contributed by atoms with van der Waals surface area (Å²) in [6.07, 6.45) is 1.40. The Balaban J connectivity index is 2.23. The third-order valence-electron chi connectivity index (χ3n) is 3.01. The number of rotatable bonds is 5. The molecule has 0 spiro atoms. The van der Waals surface area contributed by atoms with Crippen molar-refractivity contribution in [1.29, 1.82) is 0 Å². The first kappa shape index (κ1) is 16.3. The molecule has 4 N–H and O–H groups in total. The fourth-order valence-corrected chi connectivity index (χ4v) is 3.72. The molecule has 2 rings (SSSR count). The van der Waals surface area contributed by atoms with Gasteiger partial charge in [-0.3, -0.25) is 0 Å². The summed E-state index contributed by atoms with van der Waals surface area (Å²) in [6.45, 7) is 1.96. The van der Waals surface area contributed by atoms with E-state index in [0.717, 1.165) is 0 Å². The minimum absolute atomic E-state index is 0.139. The summed E-state index contributed by atoms with van der Waals surface area (Å²) in [6, 6.07) is 5.94. The Hall–Kier alpha value is -1.05. The highest BCUT2D eigenvalue weighted by atomic mass is 35.5. The van der Waals surface area contributed by atoms with Gasteiger partial charge in [0.25, 0.3) is 0 Å². The van der Waals surface area contributed by atoms with E-state index in [1.54, 1.807) is 25.1 Å². The first-order valence-electron chi connectivity index (χ1n) is 6.18. The second kappa shape index (κ2) is 6.37. The van der Waals surface area contributed by atoms with Crippen LogP contribution in [0.2, 0.25) is 10.0 Å². The highest BCUT2D eigenvalue weighted by Gasteiger charge is 2.21. The highest BCUT2D eigenvalue weighted by molar-refractivity contribution is 7.89. The zero-order valence-electron chi connectivity index (χ0n) is 11.2. The minimum Gasteiger partial charge on any atom is -0.363 e. The summed E-state index contributed by atoms with van der Waals surface area (Å²) in [5.41, 5.74) is 6.75. The lowest BCUT2D eigenvalue weighted by Crippen LogP contribution is -2.26. The van der Waals surface area contributed by atoms with Crippen LogP contribution in [0, 0.1) is 0 Å². The molecule has 1 aromatic heterocycles. The molecule has 114 valence electrons. The summed E-state index contributed by atoms with van der Waals surface area (Å²) in [5.74, 6) is 0. The normalized spacial score (nSPS) is 13.3. The van der Waals surface area contributed by atoms with E-state index >= 15 is 0 Å². The van der Waals surface area contributed by atoms with E-state index in [0.29, 0.717) is 21.3 Å². The minimum atomic E-state index is -3.65. The molecule has 0 aliphatic carbocycles. The molecule has 1 heterocycles. The second-order valence-electron chi connectivity index (χ2n) is 4.57. The van der Waals surface area contributed by atoms with E-state index in [9.17, 15) is 8.42 Å². The molecule has 0 aliphatic rings. The van der Waals surface area contributed by atoms with Crippen LogP contribution in [0.15, 0.2) is 35.4 Å². The largest absolute Gasteiger partial charge is 0.363 e. The van der Waals surface area contributed by atoms with Crippen molar-refractivity contribution in [2.75, 3.05) is 0 Å². The van der Waals surface area contributed by atoms with Gasteiger partial charge in [-0.25, -0.2) is 13.1 Å². The molecule has 0 aliphatic heterocycles. The molecule has 0 fully saturated rings. The van der Waals surface area contributed by atoms with Gasteiger partial charge >= 0.3 is 0 Å². The van der Waals surface area contributed by atoms with Crippen molar-refractivity contribution in [3.8, 4) is 0 Å². The van der Waals surface area contributed by atoms with Gasteiger partial charge in [0.2, 0.25) is 10.0 Å². The number of H-pyrrole nitrogens is 1. The fourth-order valence-electron chi connectivity index (χ4n) is 1.91. The number of aromatic nitrogens is 1. The molecule has 0 amide bonds. The van der Waals surface area contributed by atoms with Crippen molar-refractivity contribution in [2.45, 2.75) is 24.4 Å². The monoisotopic (exact) mass is 347 g/mol. The fraction of sp³-hybridized carbons (Fsp3) is 0.231. The van der Waals surface area contributed by atoms with Crippen LogP contribution in [-0.2, 0) is 16.6 Å². The molecule has 0 radical (unpaired) electrons. The summed E-state index contributed by atoms with van der Waals surface area (Å²) in [5, 5.41) is 0.909. The van der Waals surface area contributed by atoms with Crippen LogP contribution in [-0.4, -0.2) is 13.4 Å². The van der Waals surface area contributed by atoms with Crippen LogP contribution in [0.5, 0.6) is 0 Å².